The Morgan fingerprint density at radius 1 is 1.19 bits per heavy atom. The Labute approximate surface area is 127 Å². The van der Waals surface area contributed by atoms with E-state index < -0.39 is 0 Å². The Morgan fingerprint density at radius 3 is 2.71 bits per heavy atom. The fourth-order valence-corrected chi connectivity index (χ4v) is 3.50. The first-order valence-electron chi connectivity index (χ1n) is 8.27. The van der Waals surface area contributed by atoms with E-state index in [0.29, 0.717) is 12.5 Å². The number of hydrogen-bond donors (Lipinski definition) is 0. The van der Waals surface area contributed by atoms with E-state index >= 15 is 0 Å². The first kappa shape index (κ1) is 14.6. The summed E-state index contributed by atoms with van der Waals surface area (Å²) in [5, 5.41) is 0. The van der Waals surface area contributed by atoms with E-state index in [1.54, 1.807) is 0 Å². The van der Waals surface area contributed by atoms with Crippen molar-refractivity contribution in [3.05, 3.63) is 35.9 Å². The van der Waals surface area contributed by atoms with E-state index in [1.807, 2.05) is 6.07 Å². The largest absolute Gasteiger partial charge is 0.375 e. The molecule has 1 aliphatic carbocycles. The van der Waals surface area contributed by atoms with Crippen LogP contribution in [0.5, 0.6) is 0 Å². The molecule has 0 aromatic heterocycles. The average Bonchev–Trinajstić information content (AvgIpc) is 3.08. The van der Waals surface area contributed by atoms with Gasteiger partial charge in [-0.2, -0.15) is 0 Å². The Morgan fingerprint density at radius 2 is 1.95 bits per heavy atom. The van der Waals surface area contributed by atoms with Gasteiger partial charge in [0.25, 0.3) is 0 Å². The lowest BCUT2D eigenvalue weighted by atomic mass is 10.0. The molecule has 1 saturated heterocycles. The molecule has 1 amide bonds. The van der Waals surface area contributed by atoms with Gasteiger partial charge in [0.05, 0.1) is 12.7 Å². The minimum atomic E-state index is 0.198. The van der Waals surface area contributed by atoms with Crippen LogP contribution in [0.1, 0.15) is 37.7 Å². The van der Waals surface area contributed by atoms with Gasteiger partial charge in [-0.15, -0.1) is 0 Å². The van der Waals surface area contributed by atoms with Gasteiger partial charge in [0.15, 0.2) is 0 Å². The fourth-order valence-electron chi connectivity index (χ4n) is 3.50. The highest BCUT2D eigenvalue weighted by atomic mass is 16.5. The van der Waals surface area contributed by atoms with E-state index in [0.717, 1.165) is 38.8 Å². The quantitative estimate of drug-likeness (QED) is 0.852. The standard InChI is InChI=1S/C18H25NO2/c20-18(16-8-4-5-9-16)19-12-13-21-17(14-19)11-10-15-6-2-1-3-7-15/h1-3,6-7,16-17H,4-5,8-14H2/t17-/m1/s1. The Balaban J connectivity index is 1.49. The number of nitrogens with zero attached hydrogens (tertiary/aromatic N) is 1. The van der Waals surface area contributed by atoms with E-state index in [4.69, 9.17) is 4.74 Å². The molecule has 3 heteroatoms. The highest BCUT2D eigenvalue weighted by Crippen LogP contribution is 2.27. The maximum atomic E-state index is 12.5. The second-order valence-corrected chi connectivity index (χ2v) is 6.28. The molecule has 2 aliphatic rings. The van der Waals surface area contributed by atoms with Crippen molar-refractivity contribution >= 4 is 5.91 Å². The highest BCUT2D eigenvalue weighted by Gasteiger charge is 2.30. The van der Waals surface area contributed by atoms with Crippen LogP contribution in [0.3, 0.4) is 0 Å². The van der Waals surface area contributed by atoms with Crippen molar-refractivity contribution in [2.24, 2.45) is 5.92 Å². The molecule has 0 radical (unpaired) electrons. The number of aryl methyl sites for hydroxylation is 1. The first-order chi connectivity index (χ1) is 10.3. The first-order valence-corrected chi connectivity index (χ1v) is 8.27. The van der Waals surface area contributed by atoms with E-state index in [9.17, 15) is 4.79 Å². The number of benzene rings is 1. The van der Waals surface area contributed by atoms with Crippen LogP contribution in [0.15, 0.2) is 30.3 Å². The molecule has 114 valence electrons. The normalized spacial score (nSPS) is 23.4. The lowest BCUT2D eigenvalue weighted by Crippen LogP contribution is -2.47. The van der Waals surface area contributed by atoms with Crippen molar-refractivity contribution in [1.82, 2.24) is 4.90 Å². The van der Waals surface area contributed by atoms with Crippen LogP contribution < -0.4 is 0 Å². The van der Waals surface area contributed by atoms with Gasteiger partial charge in [0, 0.05) is 19.0 Å². The molecule has 1 aromatic rings. The summed E-state index contributed by atoms with van der Waals surface area (Å²) in [6.07, 6.45) is 6.84. The summed E-state index contributed by atoms with van der Waals surface area (Å²) in [6, 6.07) is 10.5. The zero-order valence-electron chi connectivity index (χ0n) is 12.7. The summed E-state index contributed by atoms with van der Waals surface area (Å²) in [4.78, 5) is 14.5. The molecule has 3 nitrogen and oxygen atoms in total. The third-order valence-corrected chi connectivity index (χ3v) is 4.75. The van der Waals surface area contributed by atoms with Crippen molar-refractivity contribution in [2.75, 3.05) is 19.7 Å². The topological polar surface area (TPSA) is 29.5 Å². The molecule has 0 spiro atoms. The Bertz CT molecular complexity index is 454. The van der Waals surface area contributed by atoms with Crippen molar-refractivity contribution in [2.45, 2.75) is 44.6 Å². The van der Waals surface area contributed by atoms with Gasteiger partial charge in [-0.1, -0.05) is 43.2 Å². The summed E-state index contributed by atoms with van der Waals surface area (Å²) < 4.78 is 5.85. The second-order valence-electron chi connectivity index (χ2n) is 6.28. The molecule has 1 saturated carbocycles. The van der Waals surface area contributed by atoms with Crippen LogP contribution in [0.4, 0.5) is 0 Å². The lowest BCUT2D eigenvalue weighted by Gasteiger charge is -2.34. The third kappa shape index (κ3) is 3.85. The van der Waals surface area contributed by atoms with Crippen LogP contribution in [-0.4, -0.2) is 36.6 Å². The molecule has 1 aromatic carbocycles. The number of carbonyl (C=O) groups excluding carboxylic acids is 1. The van der Waals surface area contributed by atoms with Crippen molar-refractivity contribution in [3.63, 3.8) is 0 Å². The van der Waals surface area contributed by atoms with E-state index in [-0.39, 0.29) is 12.0 Å². The van der Waals surface area contributed by atoms with E-state index in [1.165, 1.54) is 18.4 Å². The number of ether oxygens (including phenoxy) is 1. The summed E-state index contributed by atoms with van der Waals surface area (Å²) >= 11 is 0. The maximum absolute atomic E-state index is 12.5. The number of hydrogen-bond acceptors (Lipinski definition) is 2. The molecule has 0 unspecified atom stereocenters. The fraction of sp³-hybridized carbons (Fsp3) is 0.611. The lowest BCUT2D eigenvalue weighted by molar-refractivity contribution is -0.143. The number of amides is 1. The molecule has 2 fully saturated rings. The van der Waals surface area contributed by atoms with Gasteiger partial charge in [-0.25, -0.2) is 0 Å². The van der Waals surface area contributed by atoms with Crippen molar-refractivity contribution in [1.29, 1.82) is 0 Å². The van der Waals surface area contributed by atoms with Gasteiger partial charge in [0.2, 0.25) is 5.91 Å². The van der Waals surface area contributed by atoms with Crippen LogP contribution >= 0.6 is 0 Å². The zero-order chi connectivity index (χ0) is 14.5. The minimum Gasteiger partial charge on any atom is -0.375 e. The molecular formula is C18H25NO2. The third-order valence-electron chi connectivity index (χ3n) is 4.75. The molecule has 1 aliphatic heterocycles. The molecule has 0 bridgehead atoms. The molecular weight excluding hydrogens is 262 g/mol. The summed E-state index contributed by atoms with van der Waals surface area (Å²) in [7, 11) is 0. The molecule has 1 atom stereocenters. The maximum Gasteiger partial charge on any atom is 0.225 e. The zero-order valence-corrected chi connectivity index (χ0v) is 12.7. The van der Waals surface area contributed by atoms with Gasteiger partial charge < -0.3 is 9.64 Å². The summed E-state index contributed by atoms with van der Waals surface area (Å²) in [5.74, 6) is 0.665. The van der Waals surface area contributed by atoms with Crippen LogP contribution in [-0.2, 0) is 16.0 Å². The Kier molecular flexibility index (Phi) is 4.91. The molecule has 1 heterocycles. The van der Waals surface area contributed by atoms with Gasteiger partial charge in [-0.3, -0.25) is 4.79 Å². The highest BCUT2D eigenvalue weighted by molar-refractivity contribution is 5.79. The SMILES string of the molecule is O=C(C1CCCC1)N1CCO[C@H](CCc2ccccc2)C1. The average molecular weight is 287 g/mol. The molecule has 0 N–H and O–H groups in total. The monoisotopic (exact) mass is 287 g/mol. The van der Waals surface area contributed by atoms with Gasteiger partial charge in [0.1, 0.15) is 0 Å². The van der Waals surface area contributed by atoms with Crippen molar-refractivity contribution in [3.8, 4) is 0 Å². The smallest absolute Gasteiger partial charge is 0.225 e. The number of morpholine rings is 1. The number of rotatable bonds is 4. The van der Waals surface area contributed by atoms with Crippen LogP contribution in [0.25, 0.3) is 0 Å². The van der Waals surface area contributed by atoms with Crippen LogP contribution in [0.2, 0.25) is 0 Å². The molecule has 21 heavy (non-hydrogen) atoms. The minimum absolute atomic E-state index is 0.198. The summed E-state index contributed by atoms with van der Waals surface area (Å²) in [5.41, 5.74) is 1.35. The predicted molar refractivity (Wildman–Crippen MR) is 83.0 cm³/mol. The summed E-state index contributed by atoms with van der Waals surface area (Å²) in [6.45, 7) is 2.25. The van der Waals surface area contributed by atoms with Crippen molar-refractivity contribution < 1.29 is 9.53 Å². The molecule has 3 rings (SSSR count). The van der Waals surface area contributed by atoms with E-state index in [2.05, 4.69) is 29.2 Å². The predicted octanol–water partition coefficient (Wildman–Crippen LogP) is 3.04. The Hall–Kier alpha value is -1.35. The van der Waals surface area contributed by atoms with Crippen LogP contribution in [0, 0.1) is 5.92 Å². The van der Waals surface area contributed by atoms with Gasteiger partial charge in [-0.05, 0) is 31.2 Å². The number of carbonyl (C=O) groups is 1. The van der Waals surface area contributed by atoms with Gasteiger partial charge >= 0.3 is 0 Å². The second kappa shape index (κ2) is 7.08.